The van der Waals surface area contributed by atoms with Crippen molar-refractivity contribution in [2.45, 2.75) is 19.9 Å². The van der Waals surface area contributed by atoms with Crippen LogP contribution in [0.25, 0.3) is 0 Å². The van der Waals surface area contributed by atoms with Crippen LogP contribution in [0.2, 0.25) is 0 Å². The molecule has 21 heavy (non-hydrogen) atoms. The molecule has 0 saturated carbocycles. The molecule has 0 saturated heterocycles. The fourth-order valence-electron chi connectivity index (χ4n) is 2.73. The normalized spacial score (nSPS) is 13.4. The van der Waals surface area contributed by atoms with Crippen molar-refractivity contribution in [3.05, 3.63) is 64.7 Å². The van der Waals surface area contributed by atoms with Crippen LogP contribution in [0.3, 0.4) is 0 Å². The van der Waals surface area contributed by atoms with Crippen LogP contribution in [-0.4, -0.2) is 12.3 Å². The van der Waals surface area contributed by atoms with E-state index >= 15 is 0 Å². The second-order valence-electron chi connectivity index (χ2n) is 5.27. The number of nitrogens with zero attached hydrogens (tertiary/aromatic N) is 1. The molecule has 0 bridgehead atoms. The lowest BCUT2D eigenvalue weighted by Gasteiger charge is -2.20. The van der Waals surface area contributed by atoms with Crippen LogP contribution in [0.5, 0.6) is 0 Å². The van der Waals surface area contributed by atoms with Crippen molar-refractivity contribution in [2.24, 2.45) is 0 Å². The van der Waals surface area contributed by atoms with E-state index in [-0.39, 0.29) is 17.9 Å². The lowest BCUT2D eigenvalue weighted by molar-refractivity contribution is 0.101. The van der Waals surface area contributed by atoms with Gasteiger partial charge in [-0.15, -0.1) is 0 Å². The number of rotatable bonds is 3. The van der Waals surface area contributed by atoms with Gasteiger partial charge in [-0.2, -0.15) is 0 Å². The standard InChI is InChI=1S/C17H15F2NO/c1-11(21)12-5-6-17-13(9-12)7-8-20(17)10-14-15(18)3-2-4-16(14)19/h2-6,9H,7-8,10H2,1H3. The van der Waals surface area contributed by atoms with Crippen molar-refractivity contribution >= 4 is 11.5 Å². The third-order valence-electron chi connectivity index (χ3n) is 3.89. The number of anilines is 1. The van der Waals surface area contributed by atoms with E-state index in [2.05, 4.69) is 0 Å². The number of fused-ring (bicyclic) bond motifs is 1. The van der Waals surface area contributed by atoms with Gasteiger partial charge in [0.15, 0.2) is 5.78 Å². The van der Waals surface area contributed by atoms with Gasteiger partial charge in [0.25, 0.3) is 0 Å². The van der Waals surface area contributed by atoms with Crippen molar-refractivity contribution in [3.63, 3.8) is 0 Å². The van der Waals surface area contributed by atoms with Crippen molar-refractivity contribution in [3.8, 4) is 0 Å². The number of carbonyl (C=O) groups excluding carboxylic acids is 1. The maximum Gasteiger partial charge on any atom is 0.159 e. The third kappa shape index (κ3) is 2.53. The molecule has 0 radical (unpaired) electrons. The molecule has 0 N–H and O–H groups in total. The smallest absolute Gasteiger partial charge is 0.159 e. The largest absolute Gasteiger partial charge is 0.366 e. The van der Waals surface area contributed by atoms with E-state index in [0.29, 0.717) is 12.1 Å². The molecule has 1 heterocycles. The second-order valence-corrected chi connectivity index (χ2v) is 5.27. The Morgan fingerprint density at radius 2 is 1.90 bits per heavy atom. The molecule has 3 rings (SSSR count). The first-order valence-corrected chi connectivity index (χ1v) is 6.88. The molecule has 0 amide bonds. The van der Waals surface area contributed by atoms with Crippen molar-refractivity contribution in [2.75, 3.05) is 11.4 Å². The van der Waals surface area contributed by atoms with Gasteiger partial charge in [0.2, 0.25) is 0 Å². The van der Waals surface area contributed by atoms with Crippen molar-refractivity contribution < 1.29 is 13.6 Å². The van der Waals surface area contributed by atoms with Gasteiger partial charge in [-0.3, -0.25) is 4.79 Å². The Kier molecular flexibility index (Phi) is 3.45. The minimum absolute atomic E-state index is 0.0244. The SMILES string of the molecule is CC(=O)c1ccc2c(c1)CCN2Cc1c(F)cccc1F. The highest BCUT2D eigenvalue weighted by molar-refractivity contribution is 5.94. The highest BCUT2D eigenvalue weighted by atomic mass is 19.1. The quantitative estimate of drug-likeness (QED) is 0.802. The number of Topliss-reactive ketones (excluding diaryl/α,β-unsaturated/α-hetero) is 1. The number of halogens is 2. The number of hydrogen-bond donors (Lipinski definition) is 0. The summed E-state index contributed by atoms with van der Waals surface area (Å²) < 4.78 is 27.5. The Hall–Kier alpha value is -2.23. The number of hydrogen-bond acceptors (Lipinski definition) is 2. The average molecular weight is 287 g/mol. The monoisotopic (exact) mass is 287 g/mol. The van der Waals surface area contributed by atoms with Crippen molar-refractivity contribution in [1.29, 1.82) is 0 Å². The fraction of sp³-hybridized carbons (Fsp3) is 0.235. The molecule has 1 aliphatic rings. The van der Waals surface area contributed by atoms with E-state index < -0.39 is 11.6 Å². The highest BCUT2D eigenvalue weighted by Crippen LogP contribution is 2.31. The van der Waals surface area contributed by atoms with Crippen LogP contribution in [0.4, 0.5) is 14.5 Å². The van der Waals surface area contributed by atoms with Gasteiger partial charge in [-0.25, -0.2) is 8.78 Å². The van der Waals surface area contributed by atoms with Gasteiger partial charge >= 0.3 is 0 Å². The van der Waals surface area contributed by atoms with E-state index in [1.165, 1.54) is 25.1 Å². The van der Waals surface area contributed by atoms with Gasteiger partial charge in [0.1, 0.15) is 11.6 Å². The van der Waals surface area contributed by atoms with Crippen LogP contribution in [0.15, 0.2) is 36.4 Å². The molecular formula is C17H15F2NO. The molecule has 0 fully saturated rings. The number of benzene rings is 2. The second kappa shape index (κ2) is 5.28. The van der Waals surface area contributed by atoms with E-state index in [1.54, 1.807) is 6.07 Å². The molecule has 0 spiro atoms. The zero-order valence-corrected chi connectivity index (χ0v) is 11.7. The first kappa shape index (κ1) is 13.7. The average Bonchev–Trinajstić information content (AvgIpc) is 2.85. The van der Waals surface area contributed by atoms with Gasteiger partial charge < -0.3 is 4.90 Å². The van der Waals surface area contributed by atoms with Gasteiger partial charge in [0, 0.05) is 29.9 Å². The first-order valence-electron chi connectivity index (χ1n) is 6.88. The number of ketones is 1. The summed E-state index contributed by atoms with van der Waals surface area (Å²) in [5, 5.41) is 0. The van der Waals surface area contributed by atoms with Gasteiger partial charge in [-0.05, 0) is 49.2 Å². The summed E-state index contributed by atoms with van der Waals surface area (Å²) in [6.45, 7) is 2.43. The maximum absolute atomic E-state index is 13.7. The van der Waals surface area contributed by atoms with E-state index in [1.807, 2.05) is 17.0 Å². The summed E-state index contributed by atoms with van der Waals surface area (Å²) in [4.78, 5) is 13.3. The molecule has 0 aromatic heterocycles. The highest BCUT2D eigenvalue weighted by Gasteiger charge is 2.22. The van der Waals surface area contributed by atoms with Crippen LogP contribution in [0.1, 0.15) is 28.4 Å². The molecule has 2 aromatic rings. The molecule has 0 unspecified atom stereocenters. The Morgan fingerprint density at radius 3 is 2.57 bits per heavy atom. The minimum Gasteiger partial charge on any atom is -0.366 e. The molecule has 4 heteroatoms. The Labute approximate surface area is 122 Å². The van der Waals surface area contributed by atoms with Gasteiger partial charge in [0.05, 0.1) is 0 Å². The molecule has 2 aromatic carbocycles. The Balaban J connectivity index is 1.90. The molecule has 1 aliphatic heterocycles. The summed E-state index contributed by atoms with van der Waals surface area (Å²) >= 11 is 0. The van der Waals surface area contributed by atoms with Gasteiger partial charge in [-0.1, -0.05) is 6.07 Å². The van der Waals surface area contributed by atoms with Crippen LogP contribution in [0, 0.1) is 11.6 Å². The molecule has 0 aliphatic carbocycles. The predicted octanol–water partition coefficient (Wildman–Crippen LogP) is 3.73. The minimum atomic E-state index is -0.524. The van der Waals surface area contributed by atoms with E-state index in [0.717, 1.165) is 17.7 Å². The zero-order chi connectivity index (χ0) is 15.0. The third-order valence-corrected chi connectivity index (χ3v) is 3.89. The maximum atomic E-state index is 13.7. The molecule has 108 valence electrons. The fourth-order valence-corrected chi connectivity index (χ4v) is 2.73. The van der Waals surface area contributed by atoms with Crippen molar-refractivity contribution in [1.82, 2.24) is 0 Å². The topological polar surface area (TPSA) is 20.3 Å². The Morgan fingerprint density at radius 1 is 1.19 bits per heavy atom. The first-order chi connectivity index (χ1) is 10.1. The zero-order valence-electron chi connectivity index (χ0n) is 11.7. The van der Waals surface area contributed by atoms with Crippen LogP contribution in [-0.2, 0) is 13.0 Å². The number of carbonyl (C=O) groups is 1. The van der Waals surface area contributed by atoms with Crippen LogP contribution >= 0.6 is 0 Å². The summed E-state index contributed by atoms with van der Waals surface area (Å²) in [6.07, 6.45) is 0.784. The lowest BCUT2D eigenvalue weighted by Crippen LogP contribution is -2.21. The molecular weight excluding hydrogens is 272 g/mol. The molecule has 2 nitrogen and oxygen atoms in total. The van der Waals surface area contributed by atoms with Crippen LogP contribution < -0.4 is 4.90 Å². The Bertz CT molecular complexity index is 692. The lowest BCUT2D eigenvalue weighted by atomic mass is 10.1. The molecule has 0 atom stereocenters. The van der Waals surface area contributed by atoms with E-state index in [4.69, 9.17) is 0 Å². The van der Waals surface area contributed by atoms with E-state index in [9.17, 15) is 13.6 Å². The summed E-state index contributed by atoms with van der Waals surface area (Å²) in [7, 11) is 0. The predicted molar refractivity (Wildman–Crippen MR) is 77.6 cm³/mol. The summed E-state index contributed by atoms with van der Waals surface area (Å²) in [5.41, 5.74) is 2.76. The summed E-state index contributed by atoms with van der Waals surface area (Å²) in [6, 6.07) is 9.40. The summed E-state index contributed by atoms with van der Waals surface area (Å²) in [5.74, 6) is -1.02.